The van der Waals surface area contributed by atoms with Crippen LogP contribution in [0.1, 0.15) is 0 Å². The zero-order valence-electron chi connectivity index (χ0n) is 14.1. The molecule has 4 rings (SSSR count). The molecule has 0 fully saturated rings. The Bertz CT molecular complexity index is 968. The van der Waals surface area contributed by atoms with Gasteiger partial charge in [-0.15, -0.1) is 0 Å². The van der Waals surface area contributed by atoms with Crippen LogP contribution in [0.25, 0.3) is 33.8 Å². The smallest absolute Gasteiger partial charge is 0.207 e. The summed E-state index contributed by atoms with van der Waals surface area (Å²) in [4.78, 5) is 0. The van der Waals surface area contributed by atoms with Crippen molar-refractivity contribution in [1.82, 2.24) is 0 Å². The van der Waals surface area contributed by atoms with Crippen molar-refractivity contribution in [2.45, 2.75) is 0 Å². The number of rotatable bonds is 3. The van der Waals surface area contributed by atoms with Crippen LogP contribution in [0.2, 0.25) is 0 Å². The Labute approximate surface area is 183 Å². The van der Waals surface area contributed by atoms with Crippen LogP contribution in [-0.4, -0.2) is 0 Å². The van der Waals surface area contributed by atoms with Crippen molar-refractivity contribution in [3.63, 3.8) is 0 Å². The van der Waals surface area contributed by atoms with Gasteiger partial charge in [0, 0.05) is 19.0 Å². The Morgan fingerprint density at radius 1 is 0.444 bits per heavy atom. The summed E-state index contributed by atoms with van der Waals surface area (Å²) in [6, 6.07) is 28.8. The van der Waals surface area contributed by atoms with Gasteiger partial charge in [0.15, 0.2) is 0 Å². The van der Waals surface area contributed by atoms with Gasteiger partial charge in [-0.25, -0.2) is 4.42 Å². The highest BCUT2D eigenvalue weighted by Gasteiger charge is 2.21. The molecule has 0 aliphatic heterocycles. The number of benzene rings is 3. The molecule has 4 aromatic rings. The van der Waals surface area contributed by atoms with E-state index in [1.54, 1.807) is 0 Å². The molecule has 3 aromatic carbocycles. The molecule has 1 aromatic heterocycles. The van der Waals surface area contributed by atoms with E-state index in [2.05, 4.69) is 96.3 Å². The summed E-state index contributed by atoms with van der Waals surface area (Å²) in [6.07, 6.45) is 0. The van der Waals surface area contributed by atoms with Crippen molar-refractivity contribution >= 4 is 47.8 Å². The summed E-state index contributed by atoms with van der Waals surface area (Å²) in [7, 11) is 0. The summed E-state index contributed by atoms with van der Waals surface area (Å²) < 4.78 is 9.39. The first-order valence-corrected chi connectivity index (χ1v) is 10.7. The Kier molecular flexibility index (Phi) is 5.58. The molecule has 0 unspecified atom stereocenters. The van der Waals surface area contributed by atoms with Gasteiger partial charge in [-0.3, -0.25) is 0 Å². The topological polar surface area (TPSA) is 11.3 Å². The minimum absolute atomic E-state index is 0.823. The molecule has 132 valence electrons. The molecule has 1 heterocycles. The number of halogens is 3. The number of hydrogen-bond acceptors (Lipinski definition) is 0. The van der Waals surface area contributed by atoms with Crippen LogP contribution in [0.15, 0.2) is 103 Å². The molecule has 0 radical (unpaired) electrons. The van der Waals surface area contributed by atoms with E-state index >= 15 is 0 Å². The minimum atomic E-state index is 0.823. The van der Waals surface area contributed by atoms with E-state index in [1.165, 1.54) is 0 Å². The summed E-state index contributed by atoms with van der Waals surface area (Å²) in [5, 5.41) is 0. The molecule has 0 atom stereocenters. The van der Waals surface area contributed by atoms with Gasteiger partial charge in [0.25, 0.3) is 0 Å². The SMILES string of the molecule is Brc1cccc(-c2cc(-c3cccc(Br)c3)[o+]c(-c3cccc(Br)c3)c2)c1. The fourth-order valence-corrected chi connectivity index (χ4v) is 4.10. The van der Waals surface area contributed by atoms with Crippen molar-refractivity contribution in [3.05, 3.63) is 98.3 Å². The van der Waals surface area contributed by atoms with Crippen LogP contribution in [0.5, 0.6) is 0 Å². The minimum Gasteiger partial charge on any atom is -0.207 e. The van der Waals surface area contributed by atoms with Crippen LogP contribution in [0.3, 0.4) is 0 Å². The fourth-order valence-electron chi connectivity index (χ4n) is 2.90. The molecule has 0 saturated heterocycles. The molecule has 0 N–H and O–H groups in total. The summed E-state index contributed by atoms with van der Waals surface area (Å²) in [6.45, 7) is 0. The van der Waals surface area contributed by atoms with Gasteiger partial charge in [-0.1, -0.05) is 72.1 Å². The van der Waals surface area contributed by atoms with Gasteiger partial charge in [-0.2, -0.15) is 0 Å². The van der Waals surface area contributed by atoms with Crippen molar-refractivity contribution in [2.75, 3.05) is 0 Å². The van der Waals surface area contributed by atoms with E-state index < -0.39 is 0 Å². The Morgan fingerprint density at radius 2 is 0.852 bits per heavy atom. The van der Waals surface area contributed by atoms with Gasteiger partial charge in [-0.05, 0) is 54.1 Å². The van der Waals surface area contributed by atoms with Crippen LogP contribution in [0.4, 0.5) is 0 Å². The molecule has 1 nitrogen and oxygen atoms in total. The zero-order chi connectivity index (χ0) is 18.8. The third-order valence-corrected chi connectivity index (χ3v) is 5.65. The Balaban J connectivity index is 1.94. The lowest BCUT2D eigenvalue weighted by Gasteiger charge is -2.03. The van der Waals surface area contributed by atoms with Crippen molar-refractivity contribution in [3.8, 4) is 33.8 Å². The predicted molar refractivity (Wildman–Crippen MR) is 123 cm³/mol. The standard InChI is InChI=1S/C23H14Br3O/c24-19-7-1-4-15(10-19)18-13-22(16-5-2-8-20(25)11-16)27-23(14-18)17-6-3-9-21(26)12-17/h1-14H/q+1. The quantitative estimate of drug-likeness (QED) is 0.234. The molecule has 0 bridgehead atoms. The lowest BCUT2D eigenvalue weighted by Crippen LogP contribution is -1.86. The van der Waals surface area contributed by atoms with Gasteiger partial charge in [0.1, 0.15) is 0 Å². The lowest BCUT2D eigenvalue weighted by molar-refractivity contribution is 0.582. The molecule has 0 spiro atoms. The van der Waals surface area contributed by atoms with Gasteiger partial charge >= 0.3 is 11.5 Å². The van der Waals surface area contributed by atoms with Gasteiger partial charge < -0.3 is 0 Å². The highest BCUT2D eigenvalue weighted by molar-refractivity contribution is 9.11. The maximum atomic E-state index is 6.30. The van der Waals surface area contributed by atoms with E-state index in [9.17, 15) is 0 Å². The first-order valence-electron chi connectivity index (χ1n) is 8.34. The summed E-state index contributed by atoms with van der Waals surface area (Å²) in [5.74, 6) is 1.65. The first kappa shape index (κ1) is 18.6. The maximum Gasteiger partial charge on any atom is 0.361 e. The van der Waals surface area contributed by atoms with Gasteiger partial charge in [0.2, 0.25) is 0 Å². The summed E-state index contributed by atoms with van der Waals surface area (Å²) >= 11 is 10.7. The van der Waals surface area contributed by atoms with Crippen molar-refractivity contribution < 1.29 is 4.42 Å². The first-order chi connectivity index (χ1) is 13.1. The molecule has 0 aliphatic carbocycles. The molecule has 0 amide bonds. The second-order valence-electron chi connectivity index (χ2n) is 6.11. The number of hydrogen-bond donors (Lipinski definition) is 0. The predicted octanol–water partition coefficient (Wildman–Crippen LogP) is 8.85. The molecule has 27 heavy (non-hydrogen) atoms. The summed E-state index contributed by atoms with van der Waals surface area (Å²) in [5.41, 5.74) is 4.29. The molecular weight excluding hydrogens is 532 g/mol. The van der Waals surface area contributed by atoms with Crippen molar-refractivity contribution in [1.29, 1.82) is 0 Å². The monoisotopic (exact) mass is 543 g/mol. The average Bonchev–Trinajstić information content (AvgIpc) is 2.68. The second-order valence-corrected chi connectivity index (χ2v) is 8.85. The van der Waals surface area contributed by atoms with Crippen molar-refractivity contribution in [2.24, 2.45) is 0 Å². The molecule has 0 aliphatic rings. The maximum absolute atomic E-state index is 6.30. The van der Waals surface area contributed by atoms with Gasteiger partial charge in [0.05, 0.1) is 23.3 Å². The van der Waals surface area contributed by atoms with E-state index in [0.29, 0.717) is 0 Å². The molecule has 4 heteroatoms. The average molecular weight is 546 g/mol. The third-order valence-electron chi connectivity index (χ3n) is 4.17. The van der Waals surface area contributed by atoms with Crippen LogP contribution < -0.4 is 0 Å². The molecule has 0 saturated carbocycles. The third kappa shape index (κ3) is 4.40. The Morgan fingerprint density at radius 3 is 1.30 bits per heavy atom. The second kappa shape index (κ2) is 8.09. The van der Waals surface area contributed by atoms with Crippen LogP contribution in [0, 0.1) is 0 Å². The Hall–Kier alpha value is -1.75. The normalized spacial score (nSPS) is 10.8. The van der Waals surface area contributed by atoms with E-state index in [0.717, 1.165) is 47.2 Å². The van der Waals surface area contributed by atoms with E-state index in [1.807, 2.05) is 36.4 Å². The fraction of sp³-hybridized carbons (Fsp3) is 0. The van der Waals surface area contributed by atoms with E-state index in [4.69, 9.17) is 4.42 Å². The highest BCUT2D eigenvalue weighted by Crippen LogP contribution is 2.35. The molecular formula is C23H14Br3O+. The lowest BCUT2D eigenvalue weighted by atomic mass is 10.0. The van der Waals surface area contributed by atoms with Crippen LogP contribution in [-0.2, 0) is 0 Å². The largest absolute Gasteiger partial charge is 0.361 e. The van der Waals surface area contributed by atoms with Crippen LogP contribution >= 0.6 is 47.8 Å². The highest BCUT2D eigenvalue weighted by atomic mass is 79.9. The zero-order valence-corrected chi connectivity index (χ0v) is 18.9. The van der Waals surface area contributed by atoms with E-state index in [-0.39, 0.29) is 0 Å².